The Morgan fingerprint density at radius 2 is 2.29 bits per heavy atom. The topological polar surface area (TPSA) is 38.0 Å². The maximum absolute atomic E-state index is 5.60. The van der Waals surface area contributed by atoms with Gasteiger partial charge in [0.05, 0.1) is 0 Å². The molecule has 2 atom stereocenters. The van der Waals surface area contributed by atoms with Gasteiger partial charge in [-0.15, -0.1) is 11.8 Å². The Balaban J connectivity index is 2.62. The van der Waals surface area contributed by atoms with E-state index in [9.17, 15) is 0 Å². The molecule has 0 radical (unpaired) electrons. The van der Waals surface area contributed by atoms with Crippen molar-refractivity contribution in [2.75, 3.05) is 0 Å². The molecule has 2 heteroatoms. The number of hydrogen-bond donors (Lipinski definition) is 2. The molecule has 14 heavy (non-hydrogen) atoms. The minimum atomic E-state index is 0.361. The van der Waals surface area contributed by atoms with Gasteiger partial charge in [-0.25, -0.2) is 0 Å². The first-order valence-corrected chi connectivity index (χ1v) is 5.47. The fourth-order valence-corrected chi connectivity index (χ4v) is 2.63. The van der Waals surface area contributed by atoms with Crippen molar-refractivity contribution < 1.29 is 0 Å². The van der Waals surface area contributed by atoms with Gasteiger partial charge in [-0.05, 0) is 31.1 Å². The second-order valence-electron chi connectivity index (χ2n) is 4.89. The van der Waals surface area contributed by atoms with Gasteiger partial charge in [0.15, 0.2) is 0 Å². The molecule has 0 amide bonds. The van der Waals surface area contributed by atoms with Crippen LogP contribution >= 0.6 is 0 Å². The lowest BCUT2D eigenvalue weighted by Crippen LogP contribution is -2.44. The summed E-state index contributed by atoms with van der Waals surface area (Å²) in [6.07, 6.45) is 4.80. The first-order chi connectivity index (χ1) is 6.61. The van der Waals surface area contributed by atoms with Gasteiger partial charge in [0.2, 0.25) is 0 Å². The van der Waals surface area contributed by atoms with Crippen molar-refractivity contribution in [3.05, 3.63) is 0 Å². The van der Waals surface area contributed by atoms with E-state index in [-0.39, 0.29) is 0 Å². The molecule has 0 heterocycles. The summed E-state index contributed by atoms with van der Waals surface area (Å²) in [4.78, 5) is 0. The summed E-state index contributed by atoms with van der Waals surface area (Å²) in [6, 6.07) is 0.361. The lowest BCUT2D eigenvalue weighted by Gasteiger charge is -2.32. The van der Waals surface area contributed by atoms with Gasteiger partial charge >= 0.3 is 0 Å². The zero-order valence-electron chi connectivity index (χ0n) is 9.56. The SMILES string of the molecule is CC#CCC(NN)C1CCCC1(C)C. The Hall–Kier alpha value is -0.520. The highest BCUT2D eigenvalue weighted by molar-refractivity contribution is 5.02. The Kier molecular flexibility index (Phi) is 3.97. The molecule has 1 rings (SSSR count). The van der Waals surface area contributed by atoms with Crippen molar-refractivity contribution in [2.45, 2.75) is 52.5 Å². The molecule has 1 aliphatic rings. The molecule has 0 spiro atoms. The summed E-state index contributed by atoms with van der Waals surface area (Å²) < 4.78 is 0. The second kappa shape index (κ2) is 4.82. The third-order valence-corrected chi connectivity index (χ3v) is 3.54. The number of nitrogens with two attached hydrogens (primary N) is 1. The monoisotopic (exact) mass is 194 g/mol. The molecule has 0 bridgehead atoms. The van der Waals surface area contributed by atoms with Crippen LogP contribution in [0.5, 0.6) is 0 Å². The highest BCUT2D eigenvalue weighted by Crippen LogP contribution is 2.44. The van der Waals surface area contributed by atoms with Crippen LogP contribution in [0.15, 0.2) is 0 Å². The zero-order chi connectivity index (χ0) is 10.6. The van der Waals surface area contributed by atoms with Crippen LogP contribution in [-0.2, 0) is 0 Å². The van der Waals surface area contributed by atoms with Crippen molar-refractivity contribution in [1.82, 2.24) is 5.43 Å². The molecule has 1 saturated carbocycles. The van der Waals surface area contributed by atoms with Crippen LogP contribution in [0.3, 0.4) is 0 Å². The Labute approximate surface area is 87.6 Å². The largest absolute Gasteiger partial charge is 0.271 e. The average molecular weight is 194 g/mol. The second-order valence-corrected chi connectivity index (χ2v) is 4.89. The normalized spacial score (nSPS) is 26.7. The van der Waals surface area contributed by atoms with Crippen LogP contribution in [0.1, 0.15) is 46.5 Å². The summed E-state index contributed by atoms with van der Waals surface area (Å²) in [5.41, 5.74) is 3.35. The Morgan fingerprint density at radius 3 is 2.71 bits per heavy atom. The van der Waals surface area contributed by atoms with Crippen molar-refractivity contribution in [3.8, 4) is 11.8 Å². The van der Waals surface area contributed by atoms with Crippen molar-refractivity contribution in [3.63, 3.8) is 0 Å². The van der Waals surface area contributed by atoms with E-state index in [2.05, 4.69) is 31.1 Å². The molecular formula is C12H22N2. The molecule has 80 valence electrons. The highest BCUT2D eigenvalue weighted by atomic mass is 15.2. The molecule has 0 saturated heterocycles. The molecule has 1 aliphatic carbocycles. The highest BCUT2D eigenvalue weighted by Gasteiger charge is 2.38. The van der Waals surface area contributed by atoms with Crippen molar-refractivity contribution >= 4 is 0 Å². The van der Waals surface area contributed by atoms with Crippen LogP contribution < -0.4 is 11.3 Å². The van der Waals surface area contributed by atoms with Crippen LogP contribution in [0.2, 0.25) is 0 Å². The Bertz CT molecular complexity index is 234. The fraction of sp³-hybridized carbons (Fsp3) is 0.833. The zero-order valence-corrected chi connectivity index (χ0v) is 9.56. The molecule has 0 aliphatic heterocycles. The number of hydrazine groups is 1. The minimum Gasteiger partial charge on any atom is -0.271 e. The summed E-state index contributed by atoms with van der Waals surface area (Å²) >= 11 is 0. The maximum atomic E-state index is 5.60. The molecule has 2 nitrogen and oxygen atoms in total. The van der Waals surface area contributed by atoms with Gasteiger partial charge < -0.3 is 0 Å². The van der Waals surface area contributed by atoms with Gasteiger partial charge in [-0.3, -0.25) is 11.3 Å². The summed E-state index contributed by atoms with van der Waals surface area (Å²) in [7, 11) is 0. The number of rotatable bonds is 3. The van der Waals surface area contributed by atoms with E-state index < -0.39 is 0 Å². The van der Waals surface area contributed by atoms with Crippen LogP contribution in [0, 0.1) is 23.2 Å². The summed E-state index contributed by atoms with van der Waals surface area (Å²) in [5.74, 6) is 12.3. The molecule has 0 aromatic heterocycles. The maximum Gasteiger partial charge on any atom is 0.0353 e. The average Bonchev–Trinajstić information content (AvgIpc) is 2.48. The smallest absolute Gasteiger partial charge is 0.0353 e. The van der Waals surface area contributed by atoms with E-state index in [4.69, 9.17) is 5.84 Å². The molecule has 0 aromatic rings. The van der Waals surface area contributed by atoms with E-state index in [0.717, 1.165) is 6.42 Å². The lowest BCUT2D eigenvalue weighted by molar-refractivity contribution is 0.199. The molecular weight excluding hydrogens is 172 g/mol. The van der Waals surface area contributed by atoms with Gasteiger partial charge in [0.1, 0.15) is 0 Å². The van der Waals surface area contributed by atoms with E-state index in [1.165, 1.54) is 19.3 Å². The van der Waals surface area contributed by atoms with E-state index >= 15 is 0 Å². The fourth-order valence-electron chi connectivity index (χ4n) is 2.63. The molecule has 2 unspecified atom stereocenters. The number of hydrogen-bond acceptors (Lipinski definition) is 2. The first-order valence-electron chi connectivity index (χ1n) is 5.47. The van der Waals surface area contributed by atoms with Gasteiger partial charge in [-0.1, -0.05) is 20.3 Å². The minimum absolute atomic E-state index is 0.361. The Morgan fingerprint density at radius 1 is 1.57 bits per heavy atom. The summed E-state index contributed by atoms with van der Waals surface area (Å²) in [5, 5.41) is 0. The van der Waals surface area contributed by atoms with Gasteiger partial charge in [-0.2, -0.15) is 0 Å². The van der Waals surface area contributed by atoms with Crippen LogP contribution in [0.25, 0.3) is 0 Å². The molecule has 1 fully saturated rings. The van der Waals surface area contributed by atoms with Gasteiger partial charge in [0.25, 0.3) is 0 Å². The number of nitrogens with one attached hydrogen (secondary N) is 1. The first kappa shape index (κ1) is 11.6. The van der Waals surface area contributed by atoms with E-state index in [0.29, 0.717) is 17.4 Å². The van der Waals surface area contributed by atoms with Crippen LogP contribution in [0.4, 0.5) is 0 Å². The standard InChI is InChI=1S/C12H22N2/c1-4-5-8-11(14-13)10-7-6-9-12(10,2)3/h10-11,14H,6-9,13H2,1-3H3. The predicted molar refractivity (Wildman–Crippen MR) is 60.3 cm³/mol. The van der Waals surface area contributed by atoms with Crippen molar-refractivity contribution in [2.24, 2.45) is 17.2 Å². The quantitative estimate of drug-likeness (QED) is 0.410. The third kappa shape index (κ3) is 2.50. The van der Waals surface area contributed by atoms with E-state index in [1.807, 2.05) is 6.92 Å². The molecule has 3 N–H and O–H groups in total. The van der Waals surface area contributed by atoms with E-state index in [1.54, 1.807) is 0 Å². The van der Waals surface area contributed by atoms with Gasteiger partial charge in [0, 0.05) is 12.5 Å². The van der Waals surface area contributed by atoms with Crippen LogP contribution in [-0.4, -0.2) is 6.04 Å². The summed E-state index contributed by atoms with van der Waals surface area (Å²) in [6.45, 7) is 6.57. The predicted octanol–water partition coefficient (Wildman–Crippen LogP) is 2.06. The van der Waals surface area contributed by atoms with Crippen molar-refractivity contribution in [1.29, 1.82) is 0 Å². The lowest BCUT2D eigenvalue weighted by atomic mass is 9.77. The molecule has 0 aromatic carbocycles. The third-order valence-electron chi connectivity index (χ3n) is 3.54.